The van der Waals surface area contributed by atoms with Crippen molar-refractivity contribution < 1.29 is 14.6 Å². The van der Waals surface area contributed by atoms with E-state index < -0.39 is 6.09 Å². The molecule has 8 heteroatoms. The van der Waals surface area contributed by atoms with Crippen LogP contribution in [0.4, 0.5) is 16.2 Å². The Balaban J connectivity index is 2.33. The average molecular weight is 291 g/mol. The normalized spacial score (nSPS) is 13.7. The third-order valence-electron chi connectivity index (χ3n) is 2.63. The second-order valence-corrected chi connectivity index (χ2v) is 4.05. The molecule has 0 radical (unpaired) electrons. The van der Waals surface area contributed by atoms with Gasteiger partial charge in [-0.2, -0.15) is 5.12 Å². The first-order valence-electron chi connectivity index (χ1n) is 6.40. The summed E-state index contributed by atoms with van der Waals surface area (Å²) in [5.74, 6) is 1.10. The van der Waals surface area contributed by atoms with Gasteiger partial charge in [0, 0.05) is 13.1 Å². The van der Waals surface area contributed by atoms with Gasteiger partial charge >= 0.3 is 6.09 Å². The summed E-state index contributed by atoms with van der Waals surface area (Å²) in [5.41, 5.74) is 3.97. The lowest BCUT2D eigenvalue weighted by molar-refractivity contribution is 0.210. The van der Waals surface area contributed by atoms with E-state index in [4.69, 9.17) is 9.84 Å². The number of hydrazine groups is 1. The van der Waals surface area contributed by atoms with Crippen molar-refractivity contribution in [1.29, 1.82) is 0 Å². The molecule has 0 aliphatic carbocycles. The highest BCUT2D eigenvalue weighted by molar-refractivity contribution is 5.92. The quantitative estimate of drug-likeness (QED) is 0.671. The molecule has 0 saturated heterocycles. The van der Waals surface area contributed by atoms with Gasteiger partial charge in [0.25, 0.3) is 0 Å². The lowest BCUT2D eigenvalue weighted by atomic mass is 10.2. The fraction of sp³-hybridized carbons (Fsp3) is 0.231. The van der Waals surface area contributed by atoms with Gasteiger partial charge < -0.3 is 15.2 Å². The van der Waals surface area contributed by atoms with Crippen molar-refractivity contribution in [3.63, 3.8) is 0 Å². The van der Waals surface area contributed by atoms with Crippen molar-refractivity contribution in [2.24, 2.45) is 5.10 Å². The number of benzene rings is 1. The van der Waals surface area contributed by atoms with Crippen LogP contribution in [0.2, 0.25) is 0 Å². The summed E-state index contributed by atoms with van der Waals surface area (Å²) in [5, 5.41) is 19.9. The Morgan fingerprint density at radius 1 is 1.48 bits per heavy atom. The molecular weight excluding hydrogens is 274 g/mol. The second-order valence-electron chi connectivity index (χ2n) is 4.05. The van der Waals surface area contributed by atoms with Gasteiger partial charge in [0.15, 0.2) is 0 Å². The summed E-state index contributed by atoms with van der Waals surface area (Å²) in [6, 6.07) is 6.92. The fourth-order valence-electron chi connectivity index (χ4n) is 1.76. The van der Waals surface area contributed by atoms with Gasteiger partial charge in [-0.05, 0) is 19.1 Å². The standard InChI is InChI=1S/C13H17N5O3/c1-3-21-12-8-11(14-2)16-18(17-12)10-7-5-4-6-9(10)15-13(19)20/h4-8,14-16H,3H2,1-2H3,(H,19,20). The lowest BCUT2D eigenvalue weighted by Gasteiger charge is -2.27. The molecule has 1 aliphatic rings. The van der Waals surface area contributed by atoms with Crippen molar-refractivity contribution in [2.75, 3.05) is 24.1 Å². The Morgan fingerprint density at radius 2 is 2.24 bits per heavy atom. The molecule has 1 aromatic carbocycles. The van der Waals surface area contributed by atoms with Crippen molar-refractivity contribution >= 4 is 23.4 Å². The van der Waals surface area contributed by atoms with Gasteiger partial charge in [0.05, 0.1) is 12.3 Å². The van der Waals surface area contributed by atoms with E-state index in [1.54, 1.807) is 37.4 Å². The highest BCUT2D eigenvalue weighted by Crippen LogP contribution is 2.26. The summed E-state index contributed by atoms with van der Waals surface area (Å²) < 4.78 is 5.40. The Kier molecular flexibility index (Phi) is 4.50. The fourth-order valence-corrected chi connectivity index (χ4v) is 1.76. The minimum atomic E-state index is -1.14. The number of hydrazone groups is 1. The minimum absolute atomic E-state index is 0.412. The van der Waals surface area contributed by atoms with Crippen LogP contribution in [0.5, 0.6) is 0 Å². The summed E-state index contributed by atoms with van der Waals surface area (Å²) >= 11 is 0. The molecule has 0 unspecified atom stereocenters. The van der Waals surface area contributed by atoms with Crippen molar-refractivity contribution in [3.8, 4) is 0 Å². The third-order valence-corrected chi connectivity index (χ3v) is 2.63. The van der Waals surface area contributed by atoms with E-state index in [1.165, 1.54) is 5.12 Å². The first-order valence-corrected chi connectivity index (χ1v) is 6.40. The Morgan fingerprint density at radius 3 is 2.90 bits per heavy atom. The van der Waals surface area contributed by atoms with E-state index in [-0.39, 0.29) is 0 Å². The predicted molar refractivity (Wildman–Crippen MR) is 79.9 cm³/mol. The Bertz CT molecular complexity index is 585. The van der Waals surface area contributed by atoms with Gasteiger partial charge in [-0.1, -0.05) is 12.1 Å². The molecule has 0 atom stereocenters. The van der Waals surface area contributed by atoms with Crippen LogP contribution in [-0.2, 0) is 4.74 Å². The maximum absolute atomic E-state index is 10.9. The summed E-state index contributed by atoms with van der Waals surface area (Å²) in [6.45, 7) is 2.34. The van der Waals surface area contributed by atoms with E-state index >= 15 is 0 Å². The largest absolute Gasteiger partial charge is 0.477 e. The number of amides is 1. The van der Waals surface area contributed by atoms with Crippen LogP contribution >= 0.6 is 0 Å². The molecule has 21 heavy (non-hydrogen) atoms. The number of anilines is 2. The molecule has 0 aromatic heterocycles. The molecule has 2 rings (SSSR count). The van der Waals surface area contributed by atoms with Crippen LogP contribution in [0.15, 0.2) is 41.3 Å². The molecule has 1 aromatic rings. The number of para-hydroxylation sites is 2. The zero-order valence-electron chi connectivity index (χ0n) is 11.8. The number of ether oxygens (including phenoxy) is 1. The molecule has 4 N–H and O–H groups in total. The number of nitrogens with one attached hydrogen (secondary N) is 3. The van der Waals surface area contributed by atoms with E-state index in [9.17, 15) is 4.79 Å². The smallest absolute Gasteiger partial charge is 0.409 e. The summed E-state index contributed by atoms with van der Waals surface area (Å²) in [4.78, 5) is 10.9. The molecule has 1 heterocycles. The average Bonchev–Trinajstić information content (AvgIpc) is 2.47. The van der Waals surface area contributed by atoms with Crippen LogP contribution in [-0.4, -0.2) is 30.8 Å². The number of nitrogens with zero attached hydrogens (tertiary/aromatic N) is 2. The Hall–Kier alpha value is -2.90. The molecule has 1 amide bonds. The van der Waals surface area contributed by atoms with Gasteiger partial charge in [-0.15, -0.1) is 5.10 Å². The molecule has 112 valence electrons. The first-order chi connectivity index (χ1) is 10.1. The summed E-state index contributed by atoms with van der Waals surface area (Å²) in [6.07, 6.45) is 0.575. The lowest BCUT2D eigenvalue weighted by Crippen LogP contribution is -2.42. The molecule has 0 saturated carbocycles. The molecule has 0 spiro atoms. The van der Waals surface area contributed by atoms with Gasteiger partial charge in [0.2, 0.25) is 5.90 Å². The van der Waals surface area contributed by atoms with Crippen molar-refractivity contribution in [3.05, 3.63) is 36.2 Å². The highest BCUT2D eigenvalue weighted by atomic mass is 16.5. The molecule has 0 fully saturated rings. The molecule has 0 bridgehead atoms. The number of carboxylic acid groups (broad SMARTS) is 1. The number of hydrogen-bond acceptors (Lipinski definition) is 6. The van der Waals surface area contributed by atoms with E-state index in [1.807, 2.05) is 6.92 Å². The van der Waals surface area contributed by atoms with Gasteiger partial charge in [-0.25, -0.2) is 4.79 Å². The van der Waals surface area contributed by atoms with Crippen LogP contribution in [0, 0.1) is 0 Å². The van der Waals surface area contributed by atoms with Gasteiger partial charge in [-0.3, -0.25) is 10.7 Å². The van der Waals surface area contributed by atoms with E-state index in [0.717, 1.165) is 0 Å². The van der Waals surface area contributed by atoms with Crippen LogP contribution in [0.3, 0.4) is 0 Å². The maximum Gasteiger partial charge on any atom is 0.409 e. The van der Waals surface area contributed by atoms with Crippen LogP contribution in [0.1, 0.15) is 6.92 Å². The van der Waals surface area contributed by atoms with E-state index in [2.05, 4.69) is 21.2 Å². The number of rotatable bonds is 4. The summed E-state index contributed by atoms with van der Waals surface area (Å²) in [7, 11) is 1.76. The Labute approximate surface area is 122 Å². The van der Waals surface area contributed by atoms with E-state index in [0.29, 0.717) is 29.7 Å². The zero-order chi connectivity index (χ0) is 15.2. The molecule has 1 aliphatic heterocycles. The zero-order valence-corrected chi connectivity index (χ0v) is 11.8. The van der Waals surface area contributed by atoms with Crippen molar-refractivity contribution in [2.45, 2.75) is 6.92 Å². The first kappa shape index (κ1) is 14.5. The number of hydrogen-bond donors (Lipinski definition) is 4. The third kappa shape index (κ3) is 3.56. The topological polar surface area (TPSA) is 98.2 Å². The van der Waals surface area contributed by atoms with Crippen molar-refractivity contribution in [1.82, 2.24) is 10.7 Å². The minimum Gasteiger partial charge on any atom is -0.477 e. The SMILES string of the molecule is CCOC1=NN(c2ccccc2NC(=O)O)NC(NC)=C1. The number of carbonyl (C=O) groups is 1. The second kappa shape index (κ2) is 6.51. The van der Waals surface area contributed by atoms with Crippen LogP contribution in [0.25, 0.3) is 0 Å². The van der Waals surface area contributed by atoms with Gasteiger partial charge in [0.1, 0.15) is 11.5 Å². The molecule has 8 nitrogen and oxygen atoms in total. The highest BCUT2D eigenvalue weighted by Gasteiger charge is 2.18. The van der Waals surface area contributed by atoms with Crippen LogP contribution < -0.4 is 21.2 Å². The predicted octanol–water partition coefficient (Wildman–Crippen LogP) is 1.51. The molecular formula is C13H17N5O3. The monoisotopic (exact) mass is 291 g/mol. The maximum atomic E-state index is 10.9.